The fourth-order valence-corrected chi connectivity index (χ4v) is 3.48. The van der Waals surface area contributed by atoms with Crippen molar-refractivity contribution in [3.05, 3.63) is 0 Å². The van der Waals surface area contributed by atoms with E-state index in [1.54, 1.807) is 0 Å². The highest BCUT2D eigenvalue weighted by Gasteiger charge is 2.45. The molecule has 1 aliphatic carbocycles. The molecular formula is C16H33N3. The molecule has 1 unspecified atom stereocenters. The zero-order valence-corrected chi connectivity index (χ0v) is 13.0. The maximum atomic E-state index is 6.23. The molecule has 1 aliphatic heterocycles. The highest BCUT2D eigenvalue weighted by Crippen LogP contribution is 2.36. The molecule has 2 fully saturated rings. The van der Waals surface area contributed by atoms with Gasteiger partial charge < -0.3 is 5.73 Å². The van der Waals surface area contributed by atoms with Gasteiger partial charge in [-0.1, -0.05) is 26.7 Å². The Morgan fingerprint density at radius 3 is 2.26 bits per heavy atom. The van der Waals surface area contributed by atoms with Crippen LogP contribution in [0.4, 0.5) is 0 Å². The molecular weight excluding hydrogens is 234 g/mol. The Morgan fingerprint density at radius 1 is 1.16 bits per heavy atom. The molecule has 2 rings (SSSR count). The number of unbranched alkanes of at least 4 members (excludes halogenated alkanes) is 2. The molecule has 0 spiro atoms. The second kappa shape index (κ2) is 7.05. The normalized spacial score (nSPS) is 28.4. The quantitative estimate of drug-likeness (QED) is 0.696. The molecule has 3 nitrogen and oxygen atoms in total. The Bertz CT molecular complexity index is 257. The van der Waals surface area contributed by atoms with Crippen LogP contribution in [0.2, 0.25) is 0 Å². The topological polar surface area (TPSA) is 32.5 Å². The van der Waals surface area contributed by atoms with Crippen LogP contribution in [-0.4, -0.2) is 54.1 Å². The average molecular weight is 267 g/mol. The lowest BCUT2D eigenvalue weighted by molar-refractivity contribution is 0.0936. The van der Waals surface area contributed by atoms with Crippen molar-refractivity contribution in [2.75, 3.05) is 32.7 Å². The van der Waals surface area contributed by atoms with E-state index in [1.165, 1.54) is 71.1 Å². The molecule has 1 atom stereocenters. The van der Waals surface area contributed by atoms with E-state index in [0.717, 1.165) is 12.6 Å². The average Bonchev–Trinajstić information content (AvgIpc) is 3.19. The summed E-state index contributed by atoms with van der Waals surface area (Å²) in [6.07, 6.45) is 9.33. The SMILES string of the molecule is CCCCN(CCCC)C1(CN)CCN(C2CC2)C1. The van der Waals surface area contributed by atoms with E-state index in [-0.39, 0.29) is 5.54 Å². The Kier molecular flexibility index (Phi) is 5.67. The number of hydrogen-bond acceptors (Lipinski definition) is 3. The Balaban J connectivity index is 1.97. The van der Waals surface area contributed by atoms with Crippen molar-refractivity contribution in [3.8, 4) is 0 Å². The Hall–Kier alpha value is -0.120. The molecule has 0 bridgehead atoms. The third kappa shape index (κ3) is 3.71. The van der Waals surface area contributed by atoms with Gasteiger partial charge >= 0.3 is 0 Å². The predicted octanol–water partition coefficient (Wildman–Crippen LogP) is 2.45. The molecule has 2 aliphatic rings. The number of nitrogens with zero attached hydrogens (tertiary/aromatic N) is 2. The van der Waals surface area contributed by atoms with E-state index in [1.807, 2.05) is 0 Å². The van der Waals surface area contributed by atoms with Gasteiger partial charge in [0.2, 0.25) is 0 Å². The largest absolute Gasteiger partial charge is 0.329 e. The van der Waals surface area contributed by atoms with Crippen molar-refractivity contribution in [2.24, 2.45) is 5.73 Å². The predicted molar refractivity (Wildman–Crippen MR) is 82.4 cm³/mol. The maximum Gasteiger partial charge on any atom is 0.0470 e. The number of nitrogens with two attached hydrogens (primary N) is 1. The summed E-state index contributed by atoms with van der Waals surface area (Å²) < 4.78 is 0. The zero-order chi connectivity index (χ0) is 13.7. The van der Waals surface area contributed by atoms with Crippen molar-refractivity contribution in [3.63, 3.8) is 0 Å². The van der Waals surface area contributed by atoms with Crippen LogP contribution >= 0.6 is 0 Å². The highest BCUT2D eigenvalue weighted by molar-refractivity contribution is 5.03. The van der Waals surface area contributed by atoms with Gasteiger partial charge in [-0.05, 0) is 45.2 Å². The summed E-state index contributed by atoms with van der Waals surface area (Å²) in [6.45, 7) is 10.4. The van der Waals surface area contributed by atoms with Gasteiger partial charge in [-0.2, -0.15) is 0 Å². The molecule has 0 radical (unpaired) electrons. The first-order valence-electron chi connectivity index (χ1n) is 8.45. The third-order valence-corrected chi connectivity index (χ3v) is 5.04. The zero-order valence-electron chi connectivity index (χ0n) is 13.0. The van der Waals surface area contributed by atoms with E-state index < -0.39 is 0 Å². The lowest BCUT2D eigenvalue weighted by Crippen LogP contribution is -2.56. The Morgan fingerprint density at radius 2 is 1.79 bits per heavy atom. The summed E-state index contributed by atoms with van der Waals surface area (Å²) in [5.41, 5.74) is 6.51. The van der Waals surface area contributed by atoms with Crippen LogP contribution in [0.5, 0.6) is 0 Å². The molecule has 3 heteroatoms. The summed E-state index contributed by atoms with van der Waals surface area (Å²) >= 11 is 0. The molecule has 112 valence electrons. The summed E-state index contributed by atoms with van der Waals surface area (Å²) in [7, 11) is 0. The van der Waals surface area contributed by atoms with Crippen molar-refractivity contribution in [1.82, 2.24) is 9.80 Å². The fourth-order valence-electron chi connectivity index (χ4n) is 3.48. The molecule has 19 heavy (non-hydrogen) atoms. The monoisotopic (exact) mass is 267 g/mol. The van der Waals surface area contributed by atoms with Gasteiger partial charge in [-0.15, -0.1) is 0 Å². The standard InChI is InChI=1S/C16H33N3/c1-3-5-10-19(11-6-4-2)16(13-17)9-12-18(14-16)15-7-8-15/h15H,3-14,17H2,1-2H3. The summed E-state index contributed by atoms with van der Waals surface area (Å²) in [4.78, 5) is 5.44. The minimum Gasteiger partial charge on any atom is -0.329 e. The van der Waals surface area contributed by atoms with Gasteiger partial charge in [0.15, 0.2) is 0 Å². The number of rotatable bonds is 9. The van der Waals surface area contributed by atoms with Crippen LogP contribution in [0.1, 0.15) is 58.8 Å². The second-order valence-electron chi connectivity index (χ2n) is 6.57. The van der Waals surface area contributed by atoms with Crippen LogP contribution in [0.3, 0.4) is 0 Å². The van der Waals surface area contributed by atoms with Crippen molar-refractivity contribution < 1.29 is 0 Å². The van der Waals surface area contributed by atoms with Crippen LogP contribution in [0.15, 0.2) is 0 Å². The van der Waals surface area contributed by atoms with Gasteiger partial charge in [-0.25, -0.2) is 0 Å². The minimum atomic E-state index is 0.285. The maximum absolute atomic E-state index is 6.23. The molecule has 0 amide bonds. The second-order valence-corrected chi connectivity index (χ2v) is 6.57. The Labute approximate surface area is 119 Å². The number of likely N-dealkylation sites (tertiary alicyclic amines) is 1. The van der Waals surface area contributed by atoms with Crippen molar-refractivity contribution in [1.29, 1.82) is 0 Å². The summed E-state index contributed by atoms with van der Waals surface area (Å²) in [5, 5.41) is 0. The first-order valence-corrected chi connectivity index (χ1v) is 8.45. The molecule has 0 aromatic carbocycles. The lowest BCUT2D eigenvalue weighted by atomic mass is 9.95. The van der Waals surface area contributed by atoms with E-state index >= 15 is 0 Å². The summed E-state index contributed by atoms with van der Waals surface area (Å²) in [5.74, 6) is 0. The van der Waals surface area contributed by atoms with Crippen molar-refractivity contribution >= 4 is 0 Å². The van der Waals surface area contributed by atoms with Gasteiger partial charge in [-0.3, -0.25) is 9.80 Å². The van der Waals surface area contributed by atoms with Crippen LogP contribution in [0.25, 0.3) is 0 Å². The molecule has 1 heterocycles. The van der Waals surface area contributed by atoms with E-state index in [0.29, 0.717) is 0 Å². The fraction of sp³-hybridized carbons (Fsp3) is 1.00. The first-order chi connectivity index (χ1) is 9.25. The van der Waals surface area contributed by atoms with Gasteiger partial charge in [0.25, 0.3) is 0 Å². The molecule has 2 N–H and O–H groups in total. The molecule has 0 aromatic rings. The van der Waals surface area contributed by atoms with E-state index in [2.05, 4.69) is 23.6 Å². The van der Waals surface area contributed by atoms with Crippen LogP contribution in [0, 0.1) is 0 Å². The summed E-state index contributed by atoms with van der Waals surface area (Å²) in [6, 6.07) is 0.896. The van der Waals surface area contributed by atoms with Gasteiger partial charge in [0, 0.05) is 31.2 Å². The van der Waals surface area contributed by atoms with E-state index in [4.69, 9.17) is 5.73 Å². The van der Waals surface area contributed by atoms with Gasteiger partial charge in [0.05, 0.1) is 0 Å². The van der Waals surface area contributed by atoms with Crippen molar-refractivity contribution in [2.45, 2.75) is 70.4 Å². The molecule has 0 aromatic heterocycles. The molecule has 1 saturated heterocycles. The minimum absolute atomic E-state index is 0.285. The molecule has 1 saturated carbocycles. The van der Waals surface area contributed by atoms with Gasteiger partial charge in [0.1, 0.15) is 0 Å². The number of hydrogen-bond donors (Lipinski definition) is 1. The lowest BCUT2D eigenvalue weighted by Gasteiger charge is -2.41. The van der Waals surface area contributed by atoms with E-state index in [9.17, 15) is 0 Å². The van der Waals surface area contributed by atoms with Crippen LogP contribution in [-0.2, 0) is 0 Å². The van der Waals surface area contributed by atoms with Crippen LogP contribution < -0.4 is 5.73 Å². The third-order valence-electron chi connectivity index (χ3n) is 5.04. The smallest absolute Gasteiger partial charge is 0.0470 e. The first kappa shape index (κ1) is 15.3. The highest BCUT2D eigenvalue weighted by atomic mass is 15.3.